The fraction of sp³-hybridized carbons (Fsp3) is 0.158. The van der Waals surface area contributed by atoms with Crippen LogP contribution in [0.5, 0.6) is 23.0 Å². The zero-order valence-electron chi connectivity index (χ0n) is 53.5. The molecule has 0 radical (unpaired) electrons. The van der Waals surface area contributed by atoms with Gasteiger partial charge in [0.2, 0.25) is 0 Å². The molecule has 0 fully saturated rings. The van der Waals surface area contributed by atoms with Crippen molar-refractivity contribution < 1.29 is 57.1 Å². The van der Waals surface area contributed by atoms with Crippen LogP contribution in [0.25, 0.3) is 43.6 Å². The normalized spacial score (nSPS) is 10.6. The molecule has 12 rings (SSSR count). The molecule has 0 saturated carbocycles. The Morgan fingerprint density at radius 1 is 0.292 bits per heavy atom. The third-order valence-electron chi connectivity index (χ3n) is 14.7. The zero-order chi connectivity index (χ0) is 68.4. The summed E-state index contributed by atoms with van der Waals surface area (Å²) in [6.45, 7) is 8.95. The van der Waals surface area contributed by atoms with Gasteiger partial charge in [-0.05, 0) is 149 Å². The molecule has 0 aliphatic rings. The van der Waals surface area contributed by atoms with E-state index in [1.54, 1.807) is 97.1 Å². The molecular weight excluding hydrogens is 1300 g/mol. The van der Waals surface area contributed by atoms with E-state index in [-0.39, 0.29) is 26.4 Å². The quantitative estimate of drug-likeness (QED) is 0.0503. The molecule has 12 aromatic rings. The second-order valence-electron chi connectivity index (χ2n) is 21.6. The van der Waals surface area contributed by atoms with Crippen molar-refractivity contribution in [2.24, 2.45) is 0 Å². The maximum atomic E-state index is 11.8. The van der Waals surface area contributed by atoms with Gasteiger partial charge in [-0.3, -0.25) is 0 Å². The predicted molar refractivity (Wildman–Crippen MR) is 374 cm³/mol. The van der Waals surface area contributed by atoms with Gasteiger partial charge in [0.1, 0.15) is 92.3 Å². The molecule has 0 aliphatic heterocycles. The SMILES string of the molecule is COC(=O)c1ccccc1OCc1cc2cc(C)ccc2nc1Cl.COC(=O)c1ccccc1OCc1cc2cc(C)ccc2nc1Cl.COC(=O)c1ccccc1OCc1cc2cc(C)ccc2nc1Cl.COC(=O)c1ccccc1OCc1cc2cc(C)ccc2nc1Cl. The number of aryl methyl sites for hydroxylation is 4. The number of hydrogen-bond donors (Lipinski definition) is 0. The van der Waals surface area contributed by atoms with Crippen molar-refractivity contribution >= 4 is 114 Å². The molecular formula is C76H64Cl4N4O12. The molecule has 0 saturated heterocycles. The van der Waals surface area contributed by atoms with Crippen LogP contribution < -0.4 is 18.9 Å². The predicted octanol–water partition coefficient (Wildman–Crippen LogP) is 18.2. The van der Waals surface area contributed by atoms with Gasteiger partial charge in [0.25, 0.3) is 0 Å². The molecule has 0 atom stereocenters. The van der Waals surface area contributed by atoms with Gasteiger partial charge >= 0.3 is 23.9 Å². The largest absolute Gasteiger partial charge is 0.488 e. The Balaban J connectivity index is 0.000000150. The van der Waals surface area contributed by atoms with Crippen LogP contribution in [0.15, 0.2) is 194 Å². The number of carbonyl (C=O) groups is 4. The van der Waals surface area contributed by atoms with Crippen LogP contribution in [-0.2, 0) is 45.4 Å². The first-order valence-corrected chi connectivity index (χ1v) is 31.3. The first kappa shape index (κ1) is 70.0. The van der Waals surface area contributed by atoms with Crippen LogP contribution in [0.2, 0.25) is 20.6 Å². The molecule has 0 spiro atoms. The number of methoxy groups -OCH3 is 4. The summed E-state index contributed by atoms with van der Waals surface area (Å²) < 4.78 is 42.2. The molecule has 4 aromatic heterocycles. The van der Waals surface area contributed by atoms with Gasteiger partial charge in [-0.2, -0.15) is 0 Å². The van der Waals surface area contributed by atoms with Crippen LogP contribution in [-0.4, -0.2) is 72.3 Å². The number of rotatable bonds is 16. The van der Waals surface area contributed by atoms with Gasteiger partial charge in [0.15, 0.2) is 0 Å². The first-order chi connectivity index (χ1) is 46.3. The lowest BCUT2D eigenvalue weighted by Crippen LogP contribution is -2.06. The number of esters is 4. The second-order valence-corrected chi connectivity index (χ2v) is 23.1. The highest BCUT2D eigenvalue weighted by molar-refractivity contribution is 6.31. The van der Waals surface area contributed by atoms with E-state index in [4.69, 9.17) is 84.3 Å². The maximum Gasteiger partial charge on any atom is 0.341 e. The average molecular weight is 1370 g/mol. The Kier molecular flexibility index (Phi) is 24.2. The summed E-state index contributed by atoms with van der Waals surface area (Å²) in [6, 6.07) is 59.5. The Morgan fingerprint density at radius 3 is 0.688 bits per heavy atom. The molecule has 0 aliphatic carbocycles. The Bertz CT molecular complexity index is 4240. The minimum atomic E-state index is -0.441. The molecule has 20 heteroatoms. The standard InChI is InChI=1S/4C19H16ClNO3/c4*1-12-7-8-16-13(9-12)10-14(18(20)21-16)11-24-17-6-4-3-5-15(17)19(22)23-2/h4*3-10H,11H2,1-2H3. The smallest absolute Gasteiger partial charge is 0.341 e. The molecule has 0 amide bonds. The summed E-state index contributed by atoms with van der Waals surface area (Å²) in [5.74, 6) is 0.0323. The lowest BCUT2D eigenvalue weighted by molar-refractivity contribution is 0.0586. The third-order valence-corrected chi connectivity index (χ3v) is 16.0. The molecule has 96 heavy (non-hydrogen) atoms. The summed E-state index contributed by atoms with van der Waals surface area (Å²) in [6.07, 6.45) is 0. The van der Waals surface area contributed by atoms with Crippen LogP contribution >= 0.6 is 46.4 Å². The molecule has 0 bridgehead atoms. The monoisotopic (exact) mass is 1360 g/mol. The number of carbonyl (C=O) groups excluding carboxylic acids is 4. The van der Waals surface area contributed by atoms with E-state index >= 15 is 0 Å². The van der Waals surface area contributed by atoms with E-state index in [1.165, 1.54) is 28.4 Å². The van der Waals surface area contributed by atoms with E-state index in [1.807, 2.05) is 125 Å². The number of fused-ring (bicyclic) bond motifs is 4. The van der Waals surface area contributed by atoms with E-state index in [2.05, 4.69) is 19.9 Å². The highest BCUT2D eigenvalue weighted by Gasteiger charge is 2.19. The Hall–Kier alpha value is -10.4. The number of para-hydroxylation sites is 4. The van der Waals surface area contributed by atoms with Gasteiger partial charge in [-0.25, -0.2) is 39.1 Å². The van der Waals surface area contributed by atoms with Crippen molar-refractivity contribution in [3.05, 3.63) is 281 Å². The van der Waals surface area contributed by atoms with E-state index in [0.717, 1.165) is 88.1 Å². The zero-order valence-corrected chi connectivity index (χ0v) is 56.5. The summed E-state index contributed by atoms with van der Waals surface area (Å²) in [7, 11) is 5.36. The Morgan fingerprint density at radius 2 is 0.490 bits per heavy atom. The molecule has 16 nitrogen and oxygen atoms in total. The molecule has 8 aromatic carbocycles. The number of halogens is 4. The second kappa shape index (κ2) is 33.2. The summed E-state index contributed by atoms with van der Waals surface area (Å²) in [5, 5.41) is 5.56. The van der Waals surface area contributed by atoms with E-state index in [0.29, 0.717) is 65.9 Å². The highest BCUT2D eigenvalue weighted by Crippen LogP contribution is 2.31. The van der Waals surface area contributed by atoms with Crippen molar-refractivity contribution in [1.29, 1.82) is 0 Å². The summed E-state index contributed by atoms with van der Waals surface area (Å²) >= 11 is 25.0. The van der Waals surface area contributed by atoms with Crippen LogP contribution in [0, 0.1) is 27.7 Å². The first-order valence-electron chi connectivity index (χ1n) is 29.8. The number of nitrogens with zero attached hydrogens (tertiary/aromatic N) is 4. The number of hydrogen-bond acceptors (Lipinski definition) is 16. The van der Waals surface area contributed by atoms with Crippen molar-refractivity contribution in [1.82, 2.24) is 19.9 Å². The minimum absolute atomic E-state index is 0.212. The molecule has 4 heterocycles. The van der Waals surface area contributed by atoms with Crippen LogP contribution in [0.1, 0.15) is 85.9 Å². The number of benzene rings is 8. The number of pyridine rings is 4. The fourth-order valence-corrected chi connectivity index (χ4v) is 10.6. The number of aromatic nitrogens is 4. The molecule has 0 unspecified atom stereocenters. The van der Waals surface area contributed by atoms with Gasteiger partial charge in [-0.15, -0.1) is 0 Å². The van der Waals surface area contributed by atoms with Crippen molar-refractivity contribution in [2.45, 2.75) is 54.1 Å². The summed E-state index contributed by atoms with van der Waals surface area (Å²) in [5.41, 5.74) is 12.5. The van der Waals surface area contributed by atoms with Crippen molar-refractivity contribution in [3.63, 3.8) is 0 Å². The van der Waals surface area contributed by atoms with E-state index in [9.17, 15) is 19.2 Å². The Labute approximate surface area is 574 Å². The van der Waals surface area contributed by atoms with Gasteiger partial charge in [-0.1, -0.05) is 141 Å². The molecule has 0 N–H and O–H groups in total. The van der Waals surface area contributed by atoms with Crippen molar-refractivity contribution in [3.8, 4) is 23.0 Å². The van der Waals surface area contributed by atoms with Crippen LogP contribution in [0.3, 0.4) is 0 Å². The minimum Gasteiger partial charge on any atom is -0.488 e. The molecule has 488 valence electrons. The lowest BCUT2D eigenvalue weighted by atomic mass is 10.1. The van der Waals surface area contributed by atoms with Crippen molar-refractivity contribution in [2.75, 3.05) is 28.4 Å². The van der Waals surface area contributed by atoms with Gasteiger partial charge in [0.05, 0.1) is 50.5 Å². The average Bonchev–Trinajstić information content (AvgIpc) is 0.864. The number of ether oxygens (including phenoxy) is 8. The maximum absolute atomic E-state index is 11.8. The topological polar surface area (TPSA) is 194 Å². The highest BCUT2D eigenvalue weighted by atomic mass is 35.5. The van der Waals surface area contributed by atoms with Crippen LogP contribution in [0.4, 0.5) is 0 Å². The van der Waals surface area contributed by atoms with Gasteiger partial charge < -0.3 is 37.9 Å². The summed E-state index contributed by atoms with van der Waals surface area (Å²) in [4.78, 5) is 64.7. The fourth-order valence-electron chi connectivity index (χ4n) is 9.78. The lowest BCUT2D eigenvalue weighted by Gasteiger charge is -2.11. The van der Waals surface area contributed by atoms with E-state index < -0.39 is 23.9 Å². The third kappa shape index (κ3) is 18.1. The van der Waals surface area contributed by atoms with Gasteiger partial charge in [0, 0.05) is 43.8 Å².